The second kappa shape index (κ2) is 11.4. The van der Waals surface area contributed by atoms with Crippen LogP contribution in [-0.4, -0.2) is 4.57 Å². The van der Waals surface area contributed by atoms with Gasteiger partial charge in [-0.3, -0.25) is 0 Å². The van der Waals surface area contributed by atoms with E-state index in [2.05, 4.69) is 193 Å². The highest BCUT2D eigenvalue weighted by molar-refractivity contribution is 6.23. The van der Waals surface area contributed by atoms with Gasteiger partial charge in [-0.1, -0.05) is 158 Å². The minimum atomic E-state index is 0.823. The van der Waals surface area contributed by atoms with Crippen LogP contribution in [0.3, 0.4) is 0 Å². The van der Waals surface area contributed by atoms with Gasteiger partial charge in [-0.25, -0.2) is 0 Å². The van der Waals surface area contributed by atoms with Crippen LogP contribution in [0, 0.1) is 0 Å². The molecule has 0 saturated carbocycles. The lowest BCUT2D eigenvalue weighted by atomic mass is 9.81. The van der Waals surface area contributed by atoms with Gasteiger partial charge in [0, 0.05) is 16.5 Å². The monoisotopic (exact) mass is 659 g/mol. The minimum absolute atomic E-state index is 0.823. The third-order valence-corrected chi connectivity index (χ3v) is 11.2. The predicted octanol–water partition coefficient (Wildman–Crippen LogP) is 14.0. The molecule has 0 bridgehead atoms. The molecule has 0 radical (unpaired) electrons. The summed E-state index contributed by atoms with van der Waals surface area (Å²) in [6, 6.07) is 60.2. The third kappa shape index (κ3) is 4.23. The smallest absolute Gasteiger partial charge is 0.0547 e. The molecule has 9 aromatic rings. The number of fused-ring (bicyclic) bond motifs is 8. The van der Waals surface area contributed by atoms with Crippen LogP contribution < -0.4 is 0 Å². The van der Waals surface area contributed by atoms with Crippen molar-refractivity contribution in [2.75, 3.05) is 0 Å². The van der Waals surface area contributed by atoms with Crippen LogP contribution in [0.25, 0.3) is 99.1 Å². The van der Waals surface area contributed by atoms with E-state index in [1.807, 2.05) is 0 Å². The van der Waals surface area contributed by atoms with Crippen LogP contribution in [-0.2, 0) is 0 Å². The number of nitrogens with zero attached hydrogens (tertiary/aromatic N) is 1. The van der Waals surface area contributed by atoms with E-state index in [1.54, 1.807) is 0 Å². The van der Waals surface area contributed by atoms with Crippen molar-refractivity contribution in [3.05, 3.63) is 194 Å². The number of aromatic nitrogens is 1. The summed E-state index contributed by atoms with van der Waals surface area (Å²) in [6.45, 7) is 0. The number of hydrogen-bond acceptors (Lipinski definition) is 0. The molecule has 0 fully saturated rings. The summed E-state index contributed by atoms with van der Waals surface area (Å²) in [7, 11) is 0. The minimum Gasteiger partial charge on any atom is -0.309 e. The molecular formula is C51H33N. The van der Waals surface area contributed by atoms with Gasteiger partial charge in [-0.05, 0) is 114 Å². The van der Waals surface area contributed by atoms with Crippen molar-refractivity contribution < 1.29 is 0 Å². The molecular weight excluding hydrogens is 627 g/mol. The Hall–Kier alpha value is -6.70. The first-order valence-corrected chi connectivity index (χ1v) is 18.2. The highest BCUT2D eigenvalue weighted by Crippen LogP contribution is 2.56. The van der Waals surface area contributed by atoms with E-state index in [-0.39, 0.29) is 0 Å². The van der Waals surface area contributed by atoms with Gasteiger partial charge in [0.25, 0.3) is 0 Å². The van der Waals surface area contributed by atoms with E-state index in [0.717, 1.165) is 6.42 Å². The van der Waals surface area contributed by atoms with E-state index >= 15 is 0 Å². The summed E-state index contributed by atoms with van der Waals surface area (Å²) in [5.74, 6) is 0. The number of benzene rings is 8. The van der Waals surface area contributed by atoms with Crippen LogP contribution in [0.1, 0.15) is 12.0 Å². The molecule has 0 N–H and O–H groups in total. The zero-order valence-corrected chi connectivity index (χ0v) is 28.6. The first-order chi connectivity index (χ1) is 25.8. The molecule has 0 spiro atoms. The number of allylic oxidation sites excluding steroid dienone is 6. The van der Waals surface area contributed by atoms with E-state index in [1.165, 1.54) is 105 Å². The van der Waals surface area contributed by atoms with Gasteiger partial charge >= 0.3 is 0 Å². The van der Waals surface area contributed by atoms with E-state index in [9.17, 15) is 0 Å². The Balaban J connectivity index is 1.19. The van der Waals surface area contributed by atoms with Crippen LogP contribution in [0.5, 0.6) is 0 Å². The topological polar surface area (TPSA) is 4.93 Å². The van der Waals surface area contributed by atoms with E-state index < -0.39 is 0 Å². The van der Waals surface area contributed by atoms with Crippen molar-refractivity contribution in [3.63, 3.8) is 0 Å². The highest BCUT2D eigenvalue weighted by Gasteiger charge is 2.30. The molecule has 0 unspecified atom stereocenters. The first kappa shape index (κ1) is 29.1. The SMILES string of the molecule is C1=CC(n2c3ccccc3c3c4ccccc4ccc32)=CC=C(c2cc(-c3ccccc3)c3c(c2-c2ccccc2)-c2cccc4cccc-3c24)C1. The molecule has 1 heteroatoms. The molecule has 1 aromatic heterocycles. The van der Waals surface area contributed by atoms with Gasteiger partial charge in [0.1, 0.15) is 0 Å². The van der Waals surface area contributed by atoms with Crippen LogP contribution >= 0.6 is 0 Å². The zero-order chi connectivity index (χ0) is 34.2. The fraction of sp³-hybridized carbons (Fsp3) is 0.0196. The van der Waals surface area contributed by atoms with Crippen molar-refractivity contribution in [2.45, 2.75) is 6.42 Å². The van der Waals surface area contributed by atoms with E-state index in [0.29, 0.717) is 0 Å². The van der Waals surface area contributed by atoms with Gasteiger partial charge in [0.05, 0.1) is 11.0 Å². The molecule has 0 aliphatic heterocycles. The zero-order valence-electron chi connectivity index (χ0n) is 28.6. The molecule has 1 heterocycles. The molecule has 52 heavy (non-hydrogen) atoms. The molecule has 0 amide bonds. The van der Waals surface area contributed by atoms with Gasteiger partial charge in [0.2, 0.25) is 0 Å². The summed E-state index contributed by atoms with van der Waals surface area (Å²) in [5, 5.41) is 7.78. The van der Waals surface area contributed by atoms with Crippen molar-refractivity contribution in [3.8, 4) is 44.5 Å². The summed E-state index contributed by atoms with van der Waals surface area (Å²) in [4.78, 5) is 0. The number of para-hydroxylation sites is 1. The predicted molar refractivity (Wildman–Crippen MR) is 222 cm³/mol. The van der Waals surface area contributed by atoms with Crippen molar-refractivity contribution in [1.82, 2.24) is 4.57 Å². The van der Waals surface area contributed by atoms with Crippen molar-refractivity contribution in [2.24, 2.45) is 0 Å². The second-order valence-electron chi connectivity index (χ2n) is 14.0. The molecule has 0 atom stereocenters. The normalized spacial score (nSPS) is 13.5. The first-order valence-electron chi connectivity index (χ1n) is 18.2. The molecule has 2 aliphatic rings. The summed E-state index contributed by atoms with van der Waals surface area (Å²) >= 11 is 0. The van der Waals surface area contributed by atoms with Crippen LogP contribution in [0.4, 0.5) is 0 Å². The van der Waals surface area contributed by atoms with Crippen LogP contribution in [0.15, 0.2) is 188 Å². The molecule has 2 aliphatic carbocycles. The average Bonchev–Trinajstić information content (AvgIpc) is 3.61. The Kier molecular flexibility index (Phi) is 6.38. The maximum Gasteiger partial charge on any atom is 0.0547 e. The summed E-state index contributed by atoms with van der Waals surface area (Å²) in [6.07, 6.45) is 10.2. The maximum atomic E-state index is 2.48. The number of hydrogen-bond donors (Lipinski definition) is 0. The molecule has 242 valence electrons. The van der Waals surface area contributed by atoms with Gasteiger partial charge in [-0.2, -0.15) is 0 Å². The number of rotatable bonds is 4. The van der Waals surface area contributed by atoms with Crippen LogP contribution in [0.2, 0.25) is 0 Å². The quantitative estimate of drug-likeness (QED) is 0.177. The van der Waals surface area contributed by atoms with Crippen molar-refractivity contribution >= 4 is 54.6 Å². The fourth-order valence-corrected chi connectivity index (χ4v) is 8.98. The Morgan fingerprint density at radius 3 is 1.88 bits per heavy atom. The lowest BCUT2D eigenvalue weighted by Crippen LogP contribution is -1.97. The molecule has 11 rings (SSSR count). The third-order valence-electron chi connectivity index (χ3n) is 11.2. The van der Waals surface area contributed by atoms with Gasteiger partial charge in [-0.15, -0.1) is 0 Å². The largest absolute Gasteiger partial charge is 0.309 e. The van der Waals surface area contributed by atoms with E-state index in [4.69, 9.17) is 0 Å². The average molecular weight is 660 g/mol. The van der Waals surface area contributed by atoms with Crippen molar-refractivity contribution in [1.29, 1.82) is 0 Å². The molecule has 0 saturated heterocycles. The Labute approximate surface area is 302 Å². The Morgan fingerprint density at radius 1 is 0.404 bits per heavy atom. The standard InChI is InChI=1S/C51H33N/c1-3-14-33(15-4-1)44-32-43(48(37-17-5-2-6-18-37)51-42-26-13-21-36-20-12-25-41(47(36)42)50(44)51)35-19-11-22-38(30-28-35)52-45-27-10-9-24-40(45)49-39-23-8-7-16-34(39)29-31-46(49)52/h1-18,20-32H,19H2. The van der Waals surface area contributed by atoms with Gasteiger partial charge in [0.15, 0.2) is 0 Å². The summed E-state index contributed by atoms with van der Waals surface area (Å²) in [5.41, 5.74) is 16.6. The lowest BCUT2D eigenvalue weighted by Gasteiger charge is -2.21. The Morgan fingerprint density at radius 2 is 1.08 bits per heavy atom. The fourth-order valence-electron chi connectivity index (χ4n) is 8.98. The molecule has 1 nitrogen and oxygen atoms in total. The maximum absolute atomic E-state index is 2.48. The second-order valence-corrected chi connectivity index (χ2v) is 14.0. The molecule has 8 aromatic carbocycles. The summed E-state index contributed by atoms with van der Waals surface area (Å²) < 4.78 is 2.45. The lowest BCUT2D eigenvalue weighted by molar-refractivity contribution is 1.24. The van der Waals surface area contributed by atoms with Gasteiger partial charge < -0.3 is 4.57 Å². The Bertz CT molecular complexity index is 3000. The highest BCUT2D eigenvalue weighted by atomic mass is 15.0.